The van der Waals surface area contributed by atoms with Crippen molar-refractivity contribution in [3.63, 3.8) is 0 Å². The molecule has 108 valence electrons. The van der Waals surface area contributed by atoms with Crippen molar-refractivity contribution in [1.82, 2.24) is 4.72 Å². The molecule has 0 radical (unpaired) electrons. The number of aliphatic hydroxyl groups is 1. The van der Waals surface area contributed by atoms with Crippen molar-refractivity contribution in [1.29, 1.82) is 0 Å². The lowest BCUT2D eigenvalue weighted by molar-refractivity contribution is 0.267. The van der Waals surface area contributed by atoms with Crippen molar-refractivity contribution in [2.75, 3.05) is 0 Å². The predicted molar refractivity (Wildman–Crippen MR) is 67.0 cm³/mol. The lowest BCUT2D eigenvalue weighted by Crippen LogP contribution is -2.33. The van der Waals surface area contributed by atoms with Crippen LogP contribution in [0.2, 0.25) is 0 Å². The lowest BCUT2D eigenvalue weighted by atomic mass is 10.2. The van der Waals surface area contributed by atoms with Gasteiger partial charge in [-0.25, -0.2) is 21.9 Å². The molecule has 0 aromatic heterocycles. The molecule has 1 unspecified atom stereocenters. The van der Waals surface area contributed by atoms with Crippen LogP contribution in [0.15, 0.2) is 17.0 Å². The lowest BCUT2D eigenvalue weighted by Gasteiger charge is -2.14. The van der Waals surface area contributed by atoms with E-state index in [1.165, 1.54) is 0 Å². The Balaban J connectivity index is 3.15. The molecule has 0 spiro atoms. The second kappa shape index (κ2) is 6.40. The maximum absolute atomic E-state index is 13.8. The monoisotopic (exact) mass is 293 g/mol. The summed E-state index contributed by atoms with van der Waals surface area (Å²) in [5, 5.41) is 8.86. The van der Waals surface area contributed by atoms with Gasteiger partial charge < -0.3 is 5.11 Å². The van der Waals surface area contributed by atoms with E-state index in [1.807, 2.05) is 6.92 Å². The normalized spacial score (nSPS) is 13.5. The van der Waals surface area contributed by atoms with Gasteiger partial charge in [-0.3, -0.25) is 0 Å². The topological polar surface area (TPSA) is 66.4 Å². The van der Waals surface area contributed by atoms with Gasteiger partial charge in [-0.2, -0.15) is 0 Å². The Morgan fingerprint density at radius 2 is 2.00 bits per heavy atom. The summed E-state index contributed by atoms with van der Waals surface area (Å²) in [7, 11) is -4.06. The summed E-state index contributed by atoms with van der Waals surface area (Å²) in [4.78, 5) is -0.652. The van der Waals surface area contributed by atoms with Crippen molar-refractivity contribution < 1.29 is 22.3 Å². The first-order valence-electron chi connectivity index (χ1n) is 5.93. The second-order valence-electron chi connectivity index (χ2n) is 4.31. The fraction of sp³-hybridized carbons (Fsp3) is 0.500. The van der Waals surface area contributed by atoms with Gasteiger partial charge in [-0.1, -0.05) is 13.3 Å². The number of sulfonamides is 1. The van der Waals surface area contributed by atoms with E-state index in [-0.39, 0.29) is 6.04 Å². The van der Waals surface area contributed by atoms with E-state index in [2.05, 4.69) is 4.72 Å². The summed E-state index contributed by atoms with van der Waals surface area (Å²) < 4.78 is 53.3. The Kier molecular flexibility index (Phi) is 5.39. The first kappa shape index (κ1) is 16.0. The third-order valence-electron chi connectivity index (χ3n) is 2.68. The highest BCUT2D eigenvalue weighted by atomic mass is 32.2. The molecular weight excluding hydrogens is 276 g/mol. The summed E-state index contributed by atoms with van der Waals surface area (Å²) in [6.07, 6.45) is 1.38. The number of halogens is 2. The number of hydrogen-bond donors (Lipinski definition) is 2. The van der Waals surface area contributed by atoms with Gasteiger partial charge in [-0.15, -0.1) is 0 Å². The molecule has 1 aromatic rings. The van der Waals surface area contributed by atoms with Crippen LogP contribution >= 0.6 is 0 Å². The van der Waals surface area contributed by atoms with Crippen molar-refractivity contribution in [2.45, 2.75) is 44.2 Å². The van der Waals surface area contributed by atoms with Crippen molar-refractivity contribution in [3.05, 3.63) is 29.3 Å². The summed E-state index contributed by atoms with van der Waals surface area (Å²) >= 11 is 0. The van der Waals surface area contributed by atoms with Crippen LogP contribution in [0.4, 0.5) is 8.78 Å². The summed E-state index contributed by atoms with van der Waals surface area (Å²) in [6, 6.07) is 1.33. The highest BCUT2D eigenvalue weighted by Gasteiger charge is 2.24. The molecule has 0 fully saturated rings. The van der Waals surface area contributed by atoms with E-state index in [0.717, 1.165) is 18.6 Å². The van der Waals surface area contributed by atoms with E-state index in [0.29, 0.717) is 6.42 Å². The molecule has 1 rings (SSSR count). The average molecular weight is 293 g/mol. The van der Waals surface area contributed by atoms with Gasteiger partial charge in [-0.05, 0) is 25.5 Å². The Bertz CT molecular complexity index is 546. The minimum Gasteiger partial charge on any atom is -0.391 e. The molecule has 0 aliphatic carbocycles. The molecule has 2 N–H and O–H groups in total. The minimum absolute atomic E-state index is 0.350. The largest absolute Gasteiger partial charge is 0.391 e. The molecule has 19 heavy (non-hydrogen) atoms. The fourth-order valence-electron chi connectivity index (χ4n) is 1.75. The van der Waals surface area contributed by atoms with Crippen molar-refractivity contribution in [2.24, 2.45) is 0 Å². The zero-order valence-electron chi connectivity index (χ0n) is 10.8. The molecule has 0 saturated carbocycles. The molecule has 0 saturated heterocycles. The molecule has 1 aromatic carbocycles. The molecular formula is C12H17F2NO3S. The van der Waals surface area contributed by atoms with Crippen LogP contribution in [0, 0.1) is 11.6 Å². The molecule has 0 aliphatic heterocycles. The van der Waals surface area contributed by atoms with Gasteiger partial charge in [0.25, 0.3) is 0 Å². The summed E-state index contributed by atoms with van der Waals surface area (Å²) in [5.74, 6) is -2.22. The van der Waals surface area contributed by atoms with Crippen LogP contribution in [0.3, 0.4) is 0 Å². The average Bonchev–Trinajstić information content (AvgIpc) is 2.28. The van der Waals surface area contributed by atoms with Crippen LogP contribution in [-0.2, 0) is 16.6 Å². The van der Waals surface area contributed by atoms with Crippen LogP contribution in [0.5, 0.6) is 0 Å². The molecule has 0 bridgehead atoms. The first-order valence-corrected chi connectivity index (χ1v) is 7.41. The molecule has 0 heterocycles. The molecule has 4 nitrogen and oxygen atoms in total. The second-order valence-corrected chi connectivity index (χ2v) is 5.99. The number of nitrogens with one attached hydrogen (secondary N) is 1. The van der Waals surface area contributed by atoms with E-state index < -0.39 is 38.7 Å². The zero-order valence-corrected chi connectivity index (χ0v) is 11.6. The highest BCUT2D eigenvalue weighted by Crippen LogP contribution is 2.21. The van der Waals surface area contributed by atoms with Gasteiger partial charge >= 0.3 is 0 Å². The Morgan fingerprint density at radius 3 is 2.53 bits per heavy atom. The maximum atomic E-state index is 13.8. The number of hydrogen-bond acceptors (Lipinski definition) is 3. The Labute approximate surface area is 111 Å². The van der Waals surface area contributed by atoms with Gasteiger partial charge in [0.2, 0.25) is 10.0 Å². The molecule has 0 amide bonds. The third kappa shape index (κ3) is 3.71. The highest BCUT2D eigenvalue weighted by molar-refractivity contribution is 7.89. The number of aliphatic hydroxyl groups excluding tert-OH is 1. The summed E-state index contributed by atoms with van der Waals surface area (Å²) in [5.41, 5.74) is -0.647. The van der Waals surface area contributed by atoms with E-state index in [9.17, 15) is 17.2 Å². The molecule has 7 heteroatoms. The van der Waals surface area contributed by atoms with Gasteiger partial charge in [0.15, 0.2) is 5.82 Å². The molecule has 0 aliphatic rings. The van der Waals surface area contributed by atoms with Crippen LogP contribution in [-0.4, -0.2) is 19.6 Å². The number of rotatable bonds is 6. The van der Waals surface area contributed by atoms with Crippen molar-refractivity contribution >= 4 is 10.0 Å². The Morgan fingerprint density at radius 1 is 1.37 bits per heavy atom. The smallest absolute Gasteiger partial charge is 0.243 e. The SMILES string of the molecule is CCCC(C)NS(=O)(=O)c1ccc(F)c(CO)c1F. The molecule has 1 atom stereocenters. The van der Waals surface area contributed by atoms with E-state index >= 15 is 0 Å². The van der Waals surface area contributed by atoms with Gasteiger partial charge in [0.1, 0.15) is 10.7 Å². The van der Waals surface area contributed by atoms with Crippen LogP contribution in [0.1, 0.15) is 32.3 Å². The number of benzene rings is 1. The zero-order chi connectivity index (χ0) is 14.6. The standard InChI is InChI=1S/C12H17F2NO3S/c1-3-4-8(2)15-19(17,18)11-6-5-10(13)9(7-16)12(11)14/h5-6,8,15-16H,3-4,7H2,1-2H3. The minimum atomic E-state index is -4.06. The Hall–Kier alpha value is -1.05. The van der Waals surface area contributed by atoms with Gasteiger partial charge in [0.05, 0.1) is 12.2 Å². The van der Waals surface area contributed by atoms with E-state index in [1.54, 1.807) is 6.92 Å². The predicted octanol–water partition coefficient (Wildman–Crippen LogP) is 1.92. The van der Waals surface area contributed by atoms with Crippen molar-refractivity contribution in [3.8, 4) is 0 Å². The van der Waals surface area contributed by atoms with Crippen LogP contribution in [0.25, 0.3) is 0 Å². The quantitative estimate of drug-likeness (QED) is 0.842. The van der Waals surface area contributed by atoms with Gasteiger partial charge in [0, 0.05) is 6.04 Å². The first-order chi connectivity index (χ1) is 8.83. The van der Waals surface area contributed by atoms with E-state index in [4.69, 9.17) is 5.11 Å². The van der Waals surface area contributed by atoms with Crippen LogP contribution < -0.4 is 4.72 Å². The summed E-state index contributed by atoms with van der Waals surface area (Å²) in [6.45, 7) is 2.66. The maximum Gasteiger partial charge on any atom is 0.243 e. The third-order valence-corrected chi connectivity index (χ3v) is 4.28. The fourth-order valence-corrected chi connectivity index (χ4v) is 3.13.